The number of amides is 1. The fourth-order valence-corrected chi connectivity index (χ4v) is 5.02. The van der Waals surface area contributed by atoms with Crippen LogP contribution in [0.1, 0.15) is 37.2 Å². The van der Waals surface area contributed by atoms with E-state index in [9.17, 15) is 4.79 Å². The summed E-state index contributed by atoms with van der Waals surface area (Å²) in [7, 11) is 0. The Labute approximate surface area is 148 Å². The highest BCUT2D eigenvalue weighted by Crippen LogP contribution is 2.49. The Hall–Kier alpha value is -1.94. The predicted molar refractivity (Wildman–Crippen MR) is 98.3 cm³/mol. The molecule has 1 aromatic heterocycles. The molecule has 1 amide bonds. The van der Waals surface area contributed by atoms with Gasteiger partial charge in [-0.25, -0.2) is 0 Å². The van der Waals surface area contributed by atoms with Gasteiger partial charge in [-0.05, 0) is 69.0 Å². The van der Waals surface area contributed by atoms with Crippen LogP contribution in [0.4, 0.5) is 0 Å². The second kappa shape index (κ2) is 5.28. The maximum absolute atomic E-state index is 12.8. The Balaban J connectivity index is 1.51. The lowest BCUT2D eigenvalue weighted by Gasteiger charge is -2.28. The molecule has 2 N–H and O–H groups in total. The van der Waals surface area contributed by atoms with Crippen molar-refractivity contribution in [3.05, 3.63) is 41.2 Å². The van der Waals surface area contributed by atoms with Gasteiger partial charge in [-0.3, -0.25) is 9.78 Å². The van der Waals surface area contributed by atoms with E-state index in [1.165, 1.54) is 28.5 Å². The van der Waals surface area contributed by atoms with Crippen molar-refractivity contribution in [3.8, 4) is 0 Å². The Bertz CT molecular complexity index is 863. The van der Waals surface area contributed by atoms with Crippen molar-refractivity contribution in [1.29, 1.82) is 0 Å². The van der Waals surface area contributed by atoms with Crippen LogP contribution in [0.3, 0.4) is 0 Å². The number of aryl methyl sites for hydroxylation is 2. The summed E-state index contributed by atoms with van der Waals surface area (Å²) in [5, 5.41) is 9.18. The van der Waals surface area contributed by atoms with Gasteiger partial charge >= 0.3 is 0 Å². The Kier molecular flexibility index (Phi) is 3.23. The third-order valence-corrected chi connectivity index (χ3v) is 6.36. The minimum atomic E-state index is -0.460. The first kappa shape index (κ1) is 15.3. The normalized spacial score (nSPS) is 27.2. The number of piperidine rings is 1. The smallest absolute Gasteiger partial charge is 0.224 e. The summed E-state index contributed by atoms with van der Waals surface area (Å²) in [6.07, 6.45) is 3.35. The largest absolute Gasteiger partial charge is 0.345 e. The van der Waals surface area contributed by atoms with Crippen molar-refractivity contribution in [2.75, 3.05) is 13.1 Å². The maximum Gasteiger partial charge on any atom is 0.224 e. The molecule has 4 heteroatoms. The molecule has 25 heavy (non-hydrogen) atoms. The van der Waals surface area contributed by atoms with E-state index in [-0.39, 0.29) is 11.8 Å². The van der Waals surface area contributed by atoms with Crippen LogP contribution in [0.25, 0.3) is 10.8 Å². The fraction of sp³-hybridized carbons (Fsp3) is 0.524. The number of carbonyl (C=O) groups is 1. The zero-order valence-corrected chi connectivity index (χ0v) is 14.9. The molecule has 0 radical (unpaired) electrons. The molecule has 1 saturated carbocycles. The number of carbonyl (C=O) groups excluding carboxylic acids is 1. The molecule has 5 rings (SSSR count). The molecule has 0 unspecified atom stereocenters. The van der Waals surface area contributed by atoms with Crippen LogP contribution in [0.2, 0.25) is 0 Å². The summed E-state index contributed by atoms with van der Waals surface area (Å²) in [6, 6.07) is 8.54. The number of hydrogen-bond acceptors (Lipinski definition) is 3. The quantitative estimate of drug-likeness (QED) is 0.906. The van der Waals surface area contributed by atoms with Crippen molar-refractivity contribution in [3.63, 3.8) is 0 Å². The number of pyridine rings is 1. The van der Waals surface area contributed by atoms with E-state index in [0.717, 1.165) is 31.6 Å². The van der Waals surface area contributed by atoms with Crippen LogP contribution in [-0.2, 0) is 23.2 Å². The zero-order chi connectivity index (χ0) is 17.2. The van der Waals surface area contributed by atoms with Crippen molar-refractivity contribution >= 4 is 16.7 Å². The van der Waals surface area contributed by atoms with Gasteiger partial charge in [0, 0.05) is 17.0 Å². The molecule has 3 aliphatic rings. The number of aromatic nitrogens is 1. The first-order chi connectivity index (χ1) is 12.1. The third-order valence-electron chi connectivity index (χ3n) is 6.36. The van der Waals surface area contributed by atoms with Crippen LogP contribution < -0.4 is 10.6 Å². The van der Waals surface area contributed by atoms with Crippen LogP contribution in [0.5, 0.6) is 0 Å². The van der Waals surface area contributed by atoms with Crippen LogP contribution in [0, 0.1) is 17.8 Å². The monoisotopic (exact) mass is 335 g/mol. The standard InChI is InChI=1S/C21H25N3O/c1-21(2,24-20(25)18-15-10-22-11-16(15)18)19-14-7-4-3-6-12(14)13-8-5-9-17(13)23-19/h3-4,6-7,15-16,18,22H,5,8-11H2,1-2H3,(H,24,25)/t15-,16+,18+. The summed E-state index contributed by atoms with van der Waals surface area (Å²) in [5.74, 6) is 1.48. The van der Waals surface area contributed by atoms with Gasteiger partial charge in [0.2, 0.25) is 5.91 Å². The molecular weight excluding hydrogens is 310 g/mol. The Morgan fingerprint density at radius 3 is 2.64 bits per heavy atom. The second-order valence-corrected chi connectivity index (χ2v) is 8.41. The molecule has 2 aromatic rings. The highest BCUT2D eigenvalue weighted by atomic mass is 16.2. The van der Waals surface area contributed by atoms with E-state index in [0.29, 0.717) is 11.8 Å². The van der Waals surface area contributed by atoms with Gasteiger partial charge in [0.05, 0.1) is 11.2 Å². The lowest BCUT2D eigenvalue weighted by Crippen LogP contribution is -2.44. The number of benzene rings is 1. The number of nitrogens with one attached hydrogen (secondary N) is 2. The number of hydrogen-bond donors (Lipinski definition) is 2. The van der Waals surface area contributed by atoms with Crippen molar-refractivity contribution < 1.29 is 4.79 Å². The van der Waals surface area contributed by atoms with Gasteiger partial charge in [0.15, 0.2) is 0 Å². The molecule has 130 valence electrons. The average Bonchev–Trinajstić information content (AvgIpc) is 2.95. The van der Waals surface area contributed by atoms with Crippen LogP contribution in [-0.4, -0.2) is 24.0 Å². The summed E-state index contributed by atoms with van der Waals surface area (Å²) in [6.45, 7) is 6.17. The predicted octanol–water partition coefficient (Wildman–Crippen LogP) is 2.54. The molecule has 4 nitrogen and oxygen atoms in total. The SMILES string of the molecule is CC(C)(NC(=O)[C@H]1[C@@H]2CNC[C@@H]21)c1nc2c(c3ccccc13)CCC2. The van der Waals surface area contributed by atoms with Gasteiger partial charge in [-0.15, -0.1) is 0 Å². The van der Waals surface area contributed by atoms with Crippen molar-refractivity contribution in [2.24, 2.45) is 17.8 Å². The van der Waals surface area contributed by atoms with Gasteiger partial charge in [0.1, 0.15) is 0 Å². The highest BCUT2D eigenvalue weighted by Gasteiger charge is 2.57. The molecule has 2 fully saturated rings. The van der Waals surface area contributed by atoms with E-state index in [1.54, 1.807) is 0 Å². The zero-order valence-electron chi connectivity index (χ0n) is 14.9. The molecule has 0 bridgehead atoms. The molecule has 3 atom stereocenters. The van der Waals surface area contributed by atoms with E-state index in [4.69, 9.17) is 4.98 Å². The van der Waals surface area contributed by atoms with Gasteiger partial charge < -0.3 is 10.6 Å². The Morgan fingerprint density at radius 1 is 1.16 bits per heavy atom. The molecule has 1 aromatic carbocycles. The van der Waals surface area contributed by atoms with Gasteiger partial charge in [-0.1, -0.05) is 24.3 Å². The lowest BCUT2D eigenvalue weighted by atomic mass is 9.92. The van der Waals surface area contributed by atoms with Gasteiger partial charge in [-0.2, -0.15) is 0 Å². The summed E-state index contributed by atoms with van der Waals surface area (Å²) >= 11 is 0. The van der Waals surface area contributed by atoms with Crippen molar-refractivity contribution in [1.82, 2.24) is 15.6 Å². The summed E-state index contributed by atoms with van der Waals surface area (Å²) < 4.78 is 0. The van der Waals surface area contributed by atoms with E-state index in [1.807, 2.05) is 0 Å². The third kappa shape index (κ3) is 2.30. The number of fused-ring (bicyclic) bond motifs is 4. The molecule has 1 aliphatic heterocycles. The maximum atomic E-state index is 12.8. The highest BCUT2D eigenvalue weighted by molar-refractivity contribution is 5.90. The van der Waals surface area contributed by atoms with E-state index < -0.39 is 5.54 Å². The minimum absolute atomic E-state index is 0.196. The first-order valence-corrected chi connectivity index (χ1v) is 9.50. The topological polar surface area (TPSA) is 54.0 Å². The summed E-state index contributed by atoms with van der Waals surface area (Å²) in [5.41, 5.74) is 3.19. The van der Waals surface area contributed by atoms with Crippen molar-refractivity contribution in [2.45, 2.75) is 38.6 Å². The lowest BCUT2D eigenvalue weighted by molar-refractivity contribution is -0.124. The number of rotatable bonds is 3. The van der Waals surface area contributed by atoms with Crippen LogP contribution >= 0.6 is 0 Å². The van der Waals surface area contributed by atoms with Crippen LogP contribution in [0.15, 0.2) is 24.3 Å². The number of nitrogens with zero attached hydrogens (tertiary/aromatic N) is 1. The van der Waals surface area contributed by atoms with E-state index in [2.05, 4.69) is 48.7 Å². The fourth-order valence-electron chi connectivity index (χ4n) is 5.02. The second-order valence-electron chi connectivity index (χ2n) is 8.41. The first-order valence-electron chi connectivity index (χ1n) is 9.50. The Morgan fingerprint density at radius 2 is 1.88 bits per heavy atom. The van der Waals surface area contributed by atoms with E-state index >= 15 is 0 Å². The molecule has 1 saturated heterocycles. The van der Waals surface area contributed by atoms with Gasteiger partial charge in [0.25, 0.3) is 0 Å². The average molecular weight is 335 g/mol. The minimum Gasteiger partial charge on any atom is -0.345 e. The molecule has 2 heterocycles. The molecule has 0 spiro atoms. The molecular formula is C21H25N3O. The summed E-state index contributed by atoms with van der Waals surface area (Å²) in [4.78, 5) is 17.8. The molecule has 2 aliphatic carbocycles.